The van der Waals surface area contributed by atoms with Crippen LogP contribution in [0.3, 0.4) is 0 Å². The highest BCUT2D eigenvalue weighted by atomic mass is 16.1. The fraction of sp³-hybridized carbons (Fsp3) is 0.462. The molecule has 5 heteroatoms. The number of aromatic amines is 2. The van der Waals surface area contributed by atoms with Crippen molar-refractivity contribution in [2.75, 3.05) is 20.6 Å². The number of aromatic nitrogens is 2. The summed E-state index contributed by atoms with van der Waals surface area (Å²) >= 11 is 0. The second-order valence-corrected chi connectivity index (χ2v) is 4.47. The van der Waals surface area contributed by atoms with E-state index in [0.717, 1.165) is 30.4 Å². The summed E-state index contributed by atoms with van der Waals surface area (Å²) in [5, 5.41) is 6.47. The topological polar surface area (TPSA) is 72.7 Å². The molecule has 1 atom stereocenters. The van der Waals surface area contributed by atoms with E-state index in [2.05, 4.69) is 26.7 Å². The molecule has 0 saturated heterocycles. The SMILES string of the molecule is CNCCCC(NC)c1ccc2[nH]c(=O)[nH]c2c1. The molecule has 1 aromatic carbocycles. The summed E-state index contributed by atoms with van der Waals surface area (Å²) in [6.45, 7) is 1.02. The van der Waals surface area contributed by atoms with Crippen molar-refractivity contribution in [1.29, 1.82) is 0 Å². The lowest BCUT2D eigenvalue weighted by atomic mass is 10.0. The van der Waals surface area contributed by atoms with Gasteiger partial charge in [-0.2, -0.15) is 0 Å². The molecular weight excluding hydrogens is 228 g/mol. The highest BCUT2D eigenvalue weighted by molar-refractivity contribution is 5.75. The van der Waals surface area contributed by atoms with Crippen LogP contribution in [-0.2, 0) is 0 Å². The summed E-state index contributed by atoms with van der Waals surface area (Å²) in [6.07, 6.45) is 2.18. The van der Waals surface area contributed by atoms with Crippen molar-refractivity contribution < 1.29 is 0 Å². The van der Waals surface area contributed by atoms with Crippen molar-refractivity contribution in [1.82, 2.24) is 20.6 Å². The van der Waals surface area contributed by atoms with Crippen LogP contribution in [0.15, 0.2) is 23.0 Å². The molecule has 0 spiro atoms. The lowest BCUT2D eigenvalue weighted by Crippen LogP contribution is -2.18. The van der Waals surface area contributed by atoms with Crippen LogP contribution >= 0.6 is 0 Å². The van der Waals surface area contributed by atoms with Gasteiger partial charge in [-0.05, 0) is 51.2 Å². The molecule has 1 heterocycles. The second-order valence-electron chi connectivity index (χ2n) is 4.47. The molecule has 0 aliphatic rings. The van der Waals surface area contributed by atoms with E-state index < -0.39 is 0 Å². The number of hydrogen-bond donors (Lipinski definition) is 4. The van der Waals surface area contributed by atoms with Crippen LogP contribution in [-0.4, -0.2) is 30.6 Å². The van der Waals surface area contributed by atoms with Crippen LogP contribution < -0.4 is 16.3 Å². The predicted octanol–water partition coefficient (Wildman–Crippen LogP) is 1.12. The van der Waals surface area contributed by atoms with Crippen LogP contribution in [0, 0.1) is 0 Å². The third-order valence-corrected chi connectivity index (χ3v) is 3.21. The molecule has 0 aliphatic carbocycles. The maximum Gasteiger partial charge on any atom is 0.323 e. The Bertz CT molecular complexity index is 557. The van der Waals surface area contributed by atoms with Gasteiger partial charge in [0.1, 0.15) is 0 Å². The molecule has 2 rings (SSSR count). The van der Waals surface area contributed by atoms with Crippen molar-refractivity contribution >= 4 is 11.0 Å². The molecule has 0 aliphatic heterocycles. The molecule has 1 unspecified atom stereocenters. The number of H-pyrrole nitrogens is 2. The fourth-order valence-electron chi connectivity index (χ4n) is 2.23. The number of rotatable bonds is 6. The van der Waals surface area contributed by atoms with E-state index in [9.17, 15) is 4.79 Å². The smallest absolute Gasteiger partial charge is 0.320 e. The molecule has 0 bridgehead atoms. The monoisotopic (exact) mass is 248 g/mol. The summed E-state index contributed by atoms with van der Waals surface area (Å²) < 4.78 is 0. The number of hydrogen-bond acceptors (Lipinski definition) is 3. The van der Waals surface area contributed by atoms with Crippen molar-refractivity contribution in [3.05, 3.63) is 34.2 Å². The third kappa shape index (κ3) is 2.80. The third-order valence-electron chi connectivity index (χ3n) is 3.21. The second kappa shape index (κ2) is 5.84. The van der Waals surface area contributed by atoms with Gasteiger partial charge in [0, 0.05) is 6.04 Å². The number of nitrogens with one attached hydrogen (secondary N) is 4. The van der Waals surface area contributed by atoms with Crippen molar-refractivity contribution in [2.24, 2.45) is 0 Å². The van der Waals surface area contributed by atoms with E-state index in [1.165, 1.54) is 5.56 Å². The molecule has 4 N–H and O–H groups in total. The summed E-state index contributed by atoms with van der Waals surface area (Å²) in [4.78, 5) is 16.8. The first kappa shape index (κ1) is 12.9. The molecule has 0 fully saturated rings. The Balaban J connectivity index is 2.19. The first-order chi connectivity index (χ1) is 8.74. The van der Waals surface area contributed by atoms with Gasteiger partial charge in [-0.1, -0.05) is 6.07 Å². The summed E-state index contributed by atoms with van der Waals surface area (Å²) in [7, 11) is 3.93. The molecule has 2 aromatic rings. The zero-order valence-corrected chi connectivity index (χ0v) is 10.8. The molecule has 18 heavy (non-hydrogen) atoms. The van der Waals surface area contributed by atoms with E-state index in [-0.39, 0.29) is 5.69 Å². The van der Waals surface area contributed by atoms with E-state index in [0.29, 0.717) is 6.04 Å². The maximum atomic E-state index is 11.2. The molecule has 1 aromatic heterocycles. The number of imidazole rings is 1. The zero-order valence-electron chi connectivity index (χ0n) is 10.8. The Morgan fingerprint density at radius 3 is 2.72 bits per heavy atom. The van der Waals surface area contributed by atoms with Gasteiger partial charge >= 0.3 is 5.69 Å². The van der Waals surface area contributed by atoms with Crippen LogP contribution in [0.5, 0.6) is 0 Å². The van der Waals surface area contributed by atoms with Gasteiger partial charge in [0.25, 0.3) is 0 Å². The van der Waals surface area contributed by atoms with Crippen LogP contribution in [0.1, 0.15) is 24.4 Å². The first-order valence-corrected chi connectivity index (χ1v) is 6.28. The molecule has 98 valence electrons. The first-order valence-electron chi connectivity index (χ1n) is 6.28. The predicted molar refractivity (Wildman–Crippen MR) is 73.9 cm³/mol. The zero-order chi connectivity index (χ0) is 13.0. The van der Waals surface area contributed by atoms with Gasteiger partial charge in [-0.25, -0.2) is 4.79 Å². The van der Waals surface area contributed by atoms with Gasteiger partial charge in [-0.15, -0.1) is 0 Å². The van der Waals surface area contributed by atoms with Gasteiger partial charge < -0.3 is 20.6 Å². The lowest BCUT2D eigenvalue weighted by molar-refractivity contribution is 0.519. The van der Waals surface area contributed by atoms with Crippen LogP contribution in [0.4, 0.5) is 0 Å². The van der Waals surface area contributed by atoms with Gasteiger partial charge in [0.15, 0.2) is 0 Å². The van der Waals surface area contributed by atoms with Crippen LogP contribution in [0.2, 0.25) is 0 Å². The minimum atomic E-state index is -0.154. The van der Waals surface area contributed by atoms with E-state index in [4.69, 9.17) is 0 Å². The Morgan fingerprint density at radius 1 is 1.22 bits per heavy atom. The minimum Gasteiger partial charge on any atom is -0.320 e. The molecule has 0 saturated carbocycles. The molecular formula is C13H20N4O. The summed E-state index contributed by atoms with van der Waals surface area (Å²) in [5.74, 6) is 0. The Kier molecular flexibility index (Phi) is 4.17. The average Bonchev–Trinajstić information content (AvgIpc) is 2.74. The van der Waals surface area contributed by atoms with Crippen molar-refractivity contribution in [3.63, 3.8) is 0 Å². The number of fused-ring (bicyclic) bond motifs is 1. The van der Waals surface area contributed by atoms with Crippen molar-refractivity contribution in [2.45, 2.75) is 18.9 Å². The quantitative estimate of drug-likeness (QED) is 0.579. The number of benzene rings is 1. The molecule has 0 amide bonds. The Morgan fingerprint density at radius 2 is 2.00 bits per heavy atom. The highest BCUT2D eigenvalue weighted by Gasteiger charge is 2.10. The molecule has 5 nitrogen and oxygen atoms in total. The Labute approximate surface area is 106 Å². The van der Waals surface area contributed by atoms with Crippen LogP contribution in [0.25, 0.3) is 11.0 Å². The van der Waals surface area contributed by atoms with Gasteiger partial charge in [0.05, 0.1) is 11.0 Å². The summed E-state index contributed by atoms with van der Waals surface area (Å²) in [6, 6.07) is 6.37. The minimum absolute atomic E-state index is 0.154. The molecule has 0 radical (unpaired) electrons. The normalized spacial score (nSPS) is 13.0. The maximum absolute atomic E-state index is 11.2. The fourth-order valence-corrected chi connectivity index (χ4v) is 2.23. The Hall–Kier alpha value is -1.59. The van der Waals surface area contributed by atoms with Gasteiger partial charge in [0.2, 0.25) is 0 Å². The van der Waals surface area contributed by atoms with Crippen molar-refractivity contribution in [3.8, 4) is 0 Å². The van der Waals surface area contributed by atoms with Gasteiger partial charge in [-0.3, -0.25) is 0 Å². The average molecular weight is 248 g/mol. The van der Waals surface area contributed by atoms with E-state index in [1.54, 1.807) is 0 Å². The highest BCUT2D eigenvalue weighted by Crippen LogP contribution is 2.20. The van der Waals surface area contributed by atoms with E-state index >= 15 is 0 Å². The van der Waals surface area contributed by atoms with E-state index in [1.807, 2.05) is 26.2 Å². The standard InChI is InChI=1S/C13H20N4O/c1-14-7-3-4-10(15-2)9-5-6-11-12(8-9)17-13(18)16-11/h5-6,8,10,14-15H,3-4,7H2,1-2H3,(H2,16,17,18). The largest absolute Gasteiger partial charge is 0.323 e. The summed E-state index contributed by atoms with van der Waals surface area (Å²) in [5.41, 5.74) is 2.77. The lowest BCUT2D eigenvalue weighted by Gasteiger charge is -2.16.